The molecule has 0 radical (unpaired) electrons. The van der Waals surface area contributed by atoms with Crippen LogP contribution in [-0.4, -0.2) is 12.2 Å². The van der Waals surface area contributed by atoms with E-state index >= 15 is 0 Å². The molecule has 23 heavy (non-hydrogen) atoms. The summed E-state index contributed by atoms with van der Waals surface area (Å²) in [5.41, 5.74) is 1.13. The molecule has 0 saturated carbocycles. The number of rotatable bonds is 4. The molecule has 0 N–H and O–H groups in total. The third-order valence-electron chi connectivity index (χ3n) is 2.91. The molecule has 120 valence electrons. The number of nitrogens with zero attached hydrogens (tertiary/aromatic N) is 1. The van der Waals surface area contributed by atoms with E-state index in [0.717, 1.165) is 0 Å². The van der Waals surface area contributed by atoms with Gasteiger partial charge in [0, 0.05) is 21.8 Å². The maximum absolute atomic E-state index is 11.8. The van der Waals surface area contributed by atoms with E-state index in [0.29, 0.717) is 32.1 Å². The van der Waals surface area contributed by atoms with Gasteiger partial charge in [0.05, 0.1) is 16.6 Å². The molecular weight excluding hydrogens is 357 g/mol. The molecule has 3 nitrogen and oxygen atoms in total. The minimum Gasteiger partial charge on any atom is -0.426 e. The molecule has 0 atom stereocenters. The van der Waals surface area contributed by atoms with Crippen molar-refractivity contribution < 1.29 is 9.53 Å². The number of ether oxygens (including phenoxy) is 1. The average molecular weight is 371 g/mol. The summed E-state index contributed by atoms with van der Waals surface area (Å²) in [5, 5.41) is 1.47. The SMILES string of the molecule is CC(C)C(=O)Oc1ccc(Cl)cc1C=Nc1ccc(Cl)cc1Cl. The van der Waals surface area contributed by atoms with Gasteiger partial charge in [-0.25, -0.2) is 0 Å². The van der Waals surface area contributed by atoms with Crippen LogP contribution in [0.5, 0.6) is 5.75 Å². The van der Waals surface area contributed by atoms with Gasteiger partial charge in [-0.3, -0.25) is 9.79 Å². The highest BCUT2D eigenvalue weighted by molar-refractivity contribution is 6.36. The van der Waals surface area contributed by atoms with Crippen LogP contribution in [0.4, 0.5) is 5.69 Å². The Bertz CT molecular complexity index is 757. The number of hydrogen-bond donors (Lipinski definition) is 0. The lowest BCUT2D eigenvalue weighted by Crippen LogP contribution is -2.15. The molecule has 2 rings (SSSR count). The Morgan fingerprint density at radius 1 is 1.09 bits per heavy atom. The van der Waals surface area contributed by atoms with Gasteiger partial charge in [0.2, 0.25) is 0 Å². The van der Waals surface area contributed by atoms with Crippen LogP contribution >= 0.6 is 34.8 Å². The first kappa shape index (κ1) is 17.8. The Morgan fingerprint density at radius 2 is 1.74 bits per heavy atom. The molecule has 0 fully saturated rings. The summed E-state index contributed by atoms with van der Waals surface area (Å²) >= 11 is 17.9. The first-order valence-corrected chi connectivity index (χ1v) is 8.00. The van der Waals surface area contributed by atoms with E-state index < -0.39 is 0 Å². The minimum absolute atomic E-state index is 0.235. The van der Waals surface area contributed by atoms with Crippen LogP contribution in [0.15, 0.2) is 41.4 Å². The highest BCUT2D eigenvalue weighted by Gasteiger charge is 2.12. The van der Waals surface area contributed by atoms with Crippen molar-refractivity contribution in [1.82, 2.24) is 0 Å². The minimum atomic E-state index is -0.327. The second-order valence-corrected chi connectivity index (χ2v) is 6.39. The summed E-state index contributed by atoms with van der Waals surface area (Å²) < 4.78 is 5.36. The fourth-order valence-electron chi connectivity index (χ4n) is 1.66. The predicted octanol–water partition coefficient (Wildman–Crippen LogP) is 5.96. The summed E-state index contributed by atoms with van der Waals surface area (Å²) in [6.45, 7) is 3.53. The smallest absolute Gasteiger partial charge is 0.313 e. The van der Waals surface area contributed by atoms with Gasteiger partial charge in [0.1, 0.15) is 5.75 Å². The zero-order chi connectivity index (χ0) is 17.0. The second kappa shape index (κ2) is 7.82. The second-order valence-electron chi connectivity index (χ2n) is 5.11. The average Bonchev–Trinajstić information content (AvgIpc) is 2.48. The van der Waals surface area contributed by atoms with Crippen molar-refractivity contribution in [3.63, 3.8) is 0 Å². The monoisotopic (exact) mass is 369 g/mol. The van der Waals surface area contributed by atoms with E-state index in [9.17, 15) is 4.79 Å². The summed E-state index contributed by atoms with van der Waals surface area (Å²) in [7, 11) is 0. The summed E-state index contributed by atoms with van der Waals surface area (Å²) in [4.78, 5) is 16.1. The van der Waals surface area contributed by atoms with Gasteiger partial charge in [-0.1, -0.05) is 48.7 Å². The van der Waals surface area contributed by atoms with Crippen molar-refractivity contribution in [3.05, 3.63) is 57.0 Å². The quantitative estimate of drug-likeness (QED) is 0.378. The van der Waals surface area contributed by atoms with Crippen LogP contribution in [0, 0.1) is 5.92 Å². The van der Waals surface area contributed by atoms with E-state index in [1.54, 1.807) is 56.5 Å². The summed E-state index contributed by atoms with van der Waals surface area (Å²) in [5.74, 6) is -0.172. The number of carbonyl (C=O) groups excluding carboxylic acids is 1. The molecule has 0 bridgehead atoms. The van der Waals surface area contributed by atoms with Crippen molar-refractivity contribution in [2.24, 2.45) is 10.9 Å². The molecular formula is C17H14Cl3NO2. The van der Waals surface area contributed by atoms with Crippen molar-refractivity contribution in [2.45, 2.75) is 13.8 Å². The number of hydrogen-bond acceptors (Lipinski definition) is 3. The van der Waals surface area contributed by atoms with Crippen molar-refractivity contribution in [1.29, 1.82) is 0 Å². The third-order valence-corrected chi connectivity index (χ3v) is 3.68. The fourth-order valence-corrected chi connectivity index (χ4v) is 2.30. The standard InChI is InChI=1S/C17H14Cl3NO2/c1-10(2)17(22)23-16-6-4-12(18)7-11(16)9-21-15-5-3-13(19)8-14(15)20/h3-10H,1-2H3. The predicted molar refractivity (Wildman–Crippen MR) is 95.6 cm³/mol. The van der Waals surface area contributed by atoms with Crippen LogP contribution in [0.2, 0.25) is 15.1 Å². The van der Waals surface area contributed by atoms with E-state index in [2.05, 4.69) is 4.99 Å². The number of carbonyl (C=O) groups is 1. The van der Waals surface area contributed by atoms with Gasteiger partial charge >= 0.3 is 5.97 Å². The van der Waals surface area contributed by atoms with Crippen molar-refractivity contribution in [3.8, 4) is 5.75 Å². The number of halogens is 3. The summed E-state index contributed by atoms with van der Waals surface area (Å²) in [6.07, 6.45) is 1.55. The number of aliphatic imine (C=N–C) groups is 1. The highest BCUT2D eigenvalue weighted by atomic mass is 35.5. The first-order valence-electron chi connectivity index (χ1n) is 6.87. The van der Waals surface area contributed by atoms with Crippen LogP contribution in [0.25, 0.3) is 0 Å². The molecule has 0 aliphatic carbocycles. The zero-order valence-electron chi connectivity index (χ0n) is 12.5. The Hall–Kier alpha value is -1.55. The molecule has 0 aliphatic heterocycles. The first-order chi connectivity index (χ1) is 10.9. The lowest BCUT2D eigenvalue weighted by molar-refractivity contribution is -0.137. The van der Waals surface area contributed by atoms with Gasteiger partial charge in [-0.15, -0.1) is 0 Å². The summed E-state index contributed by atoms with van der Waals surface area (Å²) in [6, 6.07) is 9.94. The molecule has 2 aromatic rings. The maximum Gasteiger partial charge on any atom is 0.313 e. The lowest BCUT2D eigenvalue weighted by atomic mass is 10.2. The maximum atomic E-state index is 11.8. The normalized spacial score (nSPS) is 11.2. The van der Waals surface area contributed by atoms with Gasteiger partial charge in [-0.05, 0) is 36.4 Å². The molecule has 0 spiro atoms. The third kappa shape index (κ3) is 4.96. The van der Waals surface area contributed by atoms with E-state index in [-0.39, 0.29) is 11.9 Å². The van der Waals surface area contributed by atoms with Gasteiger partial charge in [0.25, 0.3) is 0 Å². The Kier molecular flexibility index (Phi) is 6.05. The van der Waals surface area contributed by atoms with Gasteiger partial charge in [0.15, 0.2) is 0 Å². The number of benzene rings is 2. The van der Waals surface area contributed by atoms with E-state index in [1.807, 2.05) is 0 Å². The largest absolute Gasteiger partial charge is 0.426 e. The van der Waals surface area contributed by atoms with Crippen molar-refractivity contribution in [2.75, 3.05) is 0 Å². The highest BCUT2D eigenvalue weighted by Crippen LogP contribution is 2.29. The van der Waals surface area contributed by atoms with Gasteiger partial charge < -0.3 is 4.74 Å². The van der Waals surface area contributed by atoms with Gasteiger partial charge in [-0.2, -0.15) is 0 Å². The van der Waals surface area contributed by atoms with Crippen molar-refractivity contribution >= 4 is 52.7 Å². The molecule has 0 amide bonds. The molecule has 0 heterocycles. The van der Waals surface area contributed by atoms with Crippen LogP contribution < -0.4 is 4.74 Å². The van der Waals surface area contributed by atoms with Crippen LogP contribution in [0.1, 0.15) is 19.4 Å². The topological polar surface area (TPSA) is 38.7 Å². The molecule has 0 saturated heterocycles. The van der Waals surface area contributed by atoms with E-state index in [1.165, 1.54) is 0 Å². The zero-order valence-corrected chi connectivity index (χ0v) is 14.8. The van der Waals surface area contributed by atoms with Crippen LogP contribution in [-0.2, 0) is 4.79 Å². The molecule has 2 aromatic carbocycles. The molecule has 6 heteroatoms. The molecule has 0 aromatic heterocycles. The Morgan fingerprint density at radius 3 is 2.39 bits per heavy atom. The number of esters is 1. The Balaban J connectivity index is 2.32. The van der Waals surface area contributed by atoms with E-state index in [4.69, 9.17) is 39.5 Å². The molecule has 0 aliphatic rings. The Labute approximate surface area is 149 Å². The lowest BCUT2D eigenvalue weighted by Gasteiger charge is -2.09. The molecule has 0 unspecified atom stereocenters. The van der Waals surface area contributed by atoms with Crippen LogP contribution in [0.3, 0.4) is 0 Å². The fraction of sp³-hybridized carbons (Fsp3) is 0.176.